The minimum absolute atomic E-state index is 0.0179. The molecule has 1 amide bonds. The highest BCUT2D eigenvalue weighted by molar-refractivity contribution is 6.66. The van der Waals surface area contributed by atoms with Crippen molar-refractivity contribution in [2.75, 3.05) is 119 Å². The lowest BCUT2D eigenvalue weighted by Gasteiger charge is -2.34. The zero-order valence-corrected chi connectivity index (χ0v) is 48.4. The molecule has 3 N–H and O–H groups in total. The molecule has 0 bridgehead atoms. The fraction of sp³-hybridized carbons (Fsp3) is 0.370. The summed E-state index contributed by atoms with van der Waals surface area (Å²) in [4.78, 5) is 51.0. The van der Waals surface area contributed by atoms with Crippen molar-refractivity contribution in [2.45, 2.75) is 25.8 Å². The number of benzene rings is 2. The molecule has 0 unspecified atom stereocenters. The molecule has 2 aliphatic heterocycles. The first-order valence-electron chi connectivity index (χ1n) is 25.7. The summed E-state index contributed by atoms with van der Waals surface area (Å²) in [7, 11) is 9.85. The number of halogens is 4. The van der Waals surface area contributed by atoms with Gasteiger partial charge in [-0.25, -0.2) is 15.0 Å². The van der Waals surface area contributed by atoms with E-state index >= 15 is 0 Å². The van der Waals surface area contributed by atoms with E-state index in [4.69, 9.17) is 85.5 Å². The van der Waals surface area contributed by atoms with Crippen LogP contribution in [-0.2, 0) is 22.6 Å². The second-order valence-corrected chi connectivity index (χ2v) is 19.8. The molecule has 6 aromatic heterocycles. The fourth-order valence-electron chi connectivity index (χ4n) is 9.34. The van der Waals surface area contributed by atoms with E-state index in [9.17, 15) is 9.59 Å². The van der Waals surface area contributed by atoms with Crippen molar-refractivity contribution >= 4 is 103 Å². The number of fused-ring (bicyclic) bond motifs is 6. The summed E-state index contributed by atoms with van der Waals surface area (Å²) in [6.07, 6.45) is 10.4. The Bertz CT molecular complexity index is 3520. The number of hydrogen-bond donors (Lipinski definition) is 3. The second kappa shape index (κ2) is 27.3. The number of aromatic nitrogens is 10. The zero-order chi connectivity index (χ0) is 57.0. The minimum atomic E-state index is -0.509. The number of ether oxygens (including phenoxy) is 4. The van der Waals surface area contributed by atoms with Crippen molar-refractivity contribution in [3.05, 3.63) is 95.3 Å². The summed E-state index contributed by atoms with van der Waals surface area (Å²) in [6.45, 7) is 16.7. The zero-order valence-electron chi connectivity index (χ0n) is 45.4. The Kier molecular flexibility index (Phi) is 20.1. The normalized spacial score (nSPS) is 13.8. The Hall–Kier alpha value is -7.18. The summed E-state index contributed by atoms with van der Waals surface area (Å²) in [5, 5.41) is 21.4. The van der Waals surface area contributed by atoms with Gasteiger partial charge in [0.05, 0.1) is 61.0 Å². The quantitative estimate of drug-likeness (QED) is 0.0441. The molecule has 2 fully saturated rings. The van der Waals surface area contributed by atoms with E-state index in [-0.39, 0.29) is 5.91 Å². The standard InChI is InChI=1S/C27H30Cl2N8O3.C24H30ClN8O2.C3H3ClO/c1-5-21(38)36-11-9-35(10-12-36)8-6-7-20-32-26-17(22-23(28)18(39-3)14-19(40-4)24(22)29)13-16-15-31-27(30-2)33-25(16)37(26)34-20;1-26-24-28-14-16-11-19(18-12-17(34-2)13-20(35-3)21(18)25)23-30-32(15-33(23)22(16)29-24)8-4-7-31-9-5-27-6-10-31;1-2-3(4)5/h5,13-15H,1,6-12H2,2-4H3,(H,30,31,33);11-15,27H,4-10H2,1-3H3,(H,26,28,29);2H,1H2/q;+1;. The van der Waals surface area contributed by atoms with Crippen molar-refractivity contribution in [3.8, 4) is 45.3 Å². The molecule has 422 valence electrons. The largest absolute Gasteiger partial charge is 0.497 e. The highest BCUT2D eigenvalue weighted by Crippen LogP contribution is 2.47. The van der Waals surface area contributed by atoms with Crippen LogP contribution in [0.1, 0.15) is 18.7 Å². The molecule has 0 spiro atoms. The monoisotopic (exact) mass is 1170 g/mol. The summed E-state index contributed by atoms with van der Waals surface area (Å²) in [5.41, 5.74) is 5.46. The van der Waals surface area contributed by atoms with Crippen LogP contribution in [0.25, 0.3) is 55.6 Å². The number of nitrogens with zero attached hydrogens (tertiary/aromatic N) is 13. The predicted octanol–water partition coefficient (Wildman–Crippen LogP) is 7.15. The molecule has 0 aliphatic carbocycles. The van der Waals surface area contributed by atoms with Crippen LogP contribution in [0, 0.1) is 0 Å². The van der Waals surface area contributed by atoms with Gasteiger partial charge in [-0.15, -0.1) is 9.78 Å². The number of nitrogens with one attached hydrogen (secondary N) is 3. The molecule has 8 heterocycles. The number of piperazine rings is 2. The average Bonchev–Trinajstić information content (AvgIpc) is 4.19. The lowest BCUT2D eigenvalue weighted by atomic mass is 10.0. The molecule has 2 aromatic carbocycles. The molecule has 2 aliphatic rings. The van der Waals surface area contributed by atoms with E-state index in [1.54, 1.807) is 57.4 Å². The third-order valence-electron chi connectivity index (χ3n) is 13.5. The molecule has 10 rings (SSSR count). The van der Waals surface area contributed by atoms with Gasteiger partial charge in [-0.3, -0.25) is 14.5 Å². The van der Waals surface area contributed by atoms with Gasteiger partial charge in [0.25, 0.3) is 17.2 Å². The van der Waals surface area contributed by atoms with Gasteiger partial charge in [-0.1, -0.05) is 52.9 Å². The number of carbonyl (C=O) groups is 2. The fourth-order valence-corrected chi connectivity index (χ4v) is 10.3. The highest BCUT2D eigenvalue weighted by atomic mass is 35.5. The van der Waals surface area contributed by atoms with E-state index < -0.39 is 5.24 Å². The first-order chi connectivity index (χ1) is 38.8. The molecule has 80 heavy (non-hydrogen) atoms. The third-order valence-corrected chi connectivity index (χ3v) is 14.8. The highest BCUT2D eigenvalue weighted by Gasteiger charge is 2.27. The predicted molar refractivity (Wildman–Crippen MR) is 312 cm³/mol. The van der Waals surface area contributed by atoms with E-state index in [1.165, 1.54) is 20.3 Å². The molecule has 0 radical (unpaired) electrons. The summed E-state index contributed by atoms with van der Waals surface area (Å²) in [6, 6.07) is 9.24. The van der Waals surface area contributed by atoms with Crippen LogP contribution in [0.4, 0.5) is 11.9 Å². The van der Waals surface area contributed by atoms with Gasteiger partial charge in [0.2, 0.25) is 17.1 Å². The molecule has 0 saturated carbocycles. The Morgan fingerprint density at radius 2 is 1.29 bits per heavy atom. The number of hydrogen-bond acceptors (Lipinski definition) is 18. The van der Waals surface area contributed by atoms with Gasteiger partial charge in [-0.05, 0) is 66.4 Å². The van der Waals surface area contributed by atoms with Crippen molar-refractivity contribution in [1.82, 2.24) is 64.3 Å². The summed E-state index contributed by atoms with van der Waals surface area (Å²) >= 11 is 25.1. The average molecular weight is 1170 g/mol. The van der Waals surface area contributed by atoms with Crippen LogP contribution >= 0.6 is 46.4 Å². The lowest BCUT2D eigenvalue weighted by Crippen LogP contribution is -2.48. The van der Waals surface area contributed by atoms with Crippen molar-refractivity contribution in [3.63, 3.8) is 0 Å². The Morgan fingerprint density at radius 1 is 0.675 bits per heavy atom. The van der Waals surface area contributed by atoms with Gasteiger partial charge in [-0.2, -0.15) is 13.9 Å². The van der Waals surface area contributed by atoms with Crippen molar-refractivity contribution in [2.24, 2.45) is 0 Å². The van der Waals surface area contributed by atoms with Gasteiger partial charge in [0.15, 0.2) is 23.4 Å². The number of amides is 1. The second-order valence-electron chi connectivity index (χ2n) is 18.3. The third kappa shape index (κ3) is 13.3. The maximum absolute atomic E-state index is 11.9. The van der Waals surface area contributed by atoms with Crippen LogP contribution in [0.5, 0.6) is 23.0 Å². The molecule has 0 atom stereocenters. The molecule has 8 aromatic rings. The Balaban J connectivity index is 0.000000195. The van der Waals surface area contributed by atoms with E-state index in [1.807, 2.05) is 38.5 Å². The maximum Gasteiger partial charge on any atom is 0.280 e. The molecular weight excluding hydrogens is 1110 g/mol. The SMILES string of the molecule is C=CC(=O)Cl.C=CC(=O)N1CCN(CCCc2nc3c(-c4c(Cl)c(OC)cc(OC)c4Cl)cc4cnc(NC)nc4n3n2)CC1.CNc1ncc2cc(-c3cc(OC)cc(OC)c3Cl)c3nn(CCCN4CCNCC4)c[n+]3c2n1. The molecule has 2 saturated heterocycles. The first kappa shape index (κ1) is 59.0. The van der Waals surface area contributed by atoms with Gasteiger partial charge >= 0.3 is 0 Å². The van der Waals surface area contributed by atoms with E-state index in [0.717, 1.165) is 111 Å². The minimum Gasteiger partial charge on any atom is -0.497 e. The topological polar surface area (TPSA) is 221 Å². The lowest BCUT2D eigenvalue weighted by molar-refractivity contribution is -0.485. The van der Waals surface area contributed by atoms with E-state index in [2.05, 4.69) is 53.9 Å². The number of allylic oxidation sites excluding steroid dienone is 1. The summed E-state index contributed by atoms with van der Waals surface area (Å²) < 4.78 is 27.7. The van der Waals surface area contributed by atoms with Crippen molar-refractivity contribution in [1.29, 1.82) is 0 Å². The smallest absolute Gasteiger partial charge is 0.280 e. The van der Waals surface area contributed by atoms with Crippen LogP contribution in [0.15, 0.2) is 74.4 Å². The number of anilines is 2. The molecule has 26 heteroatoms. The van der Waals surface area contributed by atoms with Crippen molar-refractivity contribution < 1.29 is 32.9 Å². The van der Waals surface area contributed by atoms with Crippen LogP contribution in [0.2, 0.25) is 15.1 Å². The van der Waals surface area contributed by atoms with E-state index in [0.29, 0.717) is 97.7 Å². The number of aryl methyl sites for hydroxylation is 2. The number of rotatable bonds is 18. The van der Waals surface area contributed by atoms with Gasteiger partial charge in [0.1, 0.15) is 23.0 Å². The molecular formula is C54H63Cl4N16O6+. The summed E-state index contributed by atoms with van der Waals surface area (Å²) in [5.74, 6) is 3.70. The van der Waals surface area contributed by atoms with Gasteiger partial charge in [0, 0.05) is 126 Å². The first-order valence-corrected chi connectivity index (χ1v) is 27.2. The van der Waals surface area contributed by atoms with Crippen LogP contribution in [-0.4, -0.2) is 178 Å². The molecule has 22 nitrogen and oxygen atoms in total. The number of carbonyl (C=O) groups excluding carboxylic acids is 2. The Labute approximate surface area is 482 Å². The van der Waals surface area contributed by atoms with Gasteiger partial charge < -0.3 is 44.7 Å². The Morgan fingerprint density at radius 3 is 1.91 bits per heavy atom. The van der Waals surface area contributed by atoms with Crippen LogP contribution < -0.4 is 39.3 Å². The van der Waals surface area contributed by atoms with Crippen LogP contribution in [0.3, 0.4) is 0 Å². The number of methoxy groups -OCH3 is 4. The maximum atomic E-state index is 11.9. The number of pyridine rings is 2.